The van der Waals surface area contributed by atoms with Crippen LogP contribution in [0.3, 0.4) is 0 Å². The second-order valence-corrected chi connectivity index (χ2v) is 11.3. The fraction of sp³-hybridized carbons (Fsp3) is 0.375. The first-order valence-electron chi connectivity index (χ1n) is 13.3. The van der Waals surface area contributed by atoms with Crippen molar-refractivity contribution in [3.05, 3.63) is 105 Å². The Kier molecular flexibility index (Phi) is 11.2. The van der Waals surface area contributed by atoms with E-state index < -0.39 is 6.04 Å². The van der Waals surface area contributed by atoms with Crippen LogP contribution in [0, 0.1) is 5.92 Å². The van der Waals surface area contributed by atoms with Crippen LogP contribution in [0.15, 0.2) is 72.8 Å². The molecule has 0 spiro atoms. The Hall–Kier alpha value is -2.82. The Morgan fingerprint density at radius 1 is 0.868 bits per heavy atom. The first-order valence-corrected chi connectivity index (χ1v) is 14.0. The van der Waals surface area contributed by atoms with Crippen LogP contribution in [-0.2, 0) is 29.0 Å². The van der Waals surface area contributed by atoms with E-state index in [9.17, 15) is 9.59 Å². The number of nitrogens with one attached hydrogen (secondary N) is 1. The molecule has 0 bridgehead atoms. The van der Waals surface area contributed by atoms with Gasteiger partial charge in [-0.3, -0.25) is 9.59 Å². The van der Waals surface area contributed by atoms with Crippen molar-refractivity contribution >= 4 is 35.0 Å². The van der Waals surface area contributed by atoms with Gasteiger partial charge in [0.1, 0.15) is 6.04 Å². The van der Waals surface area contributed by atoms with Crippen LogP contribution in [-0.4, -0.2) is 29.3 Å². The highest BCUT2D eigenvalue weighted by molar-refractivity contribution is 6.35. The Morgan fingerprint density at radius 3 is 2.16 bits per heavy atom. The van der Waals surface area contributed by atoms with E-state index >= 15 is 0 Å². The van der Waals surface area contributed by atoms with Crippen molar-refractivity contribution in [2.24, 2.45) is 5.92 Å². The molecule has 1 N–H and O–H groups in total. The lowest BCUT2D eigenvalue weighted by molar-refractivity contribution is -0.141. The largest absolute Gasteiger partial charge is 0.354 e. The van der Waals surface area contributed by atoms with Crippen LogP contribution in [0.25, 0.3) is 0 Å². The number of carbonyl (C=O) groups is 2. The van der Waals surface area contributed by atoms with Crippen molar-refractivity contribution in [1.29, 1.82) is 0 Å². The molecule has 3 aromatic carbocycles. The van der Waals surface area contributed by atoms with E-state index in [2.05, 4.69) is 43.4 Å². The highest BCUT2D eigenvalue weighted by Gasteiger charge is 2.30. The van der Waals surface area contributed by atoms with Crippen molar-refractivity contribution in [2.75, 3.05) is 6.54 Å². The number of benzene rings is 3. The normalized spacial score (nSPS) is 12.0. The van der Waals surface area contributed by atoms with Crippen LogP contribution in [0.1, 0.15) is 62.3 Å². The lowest BCUT2D eigenvalue weighted by Gasteiger charge is -2.32. The first kappa shape index (κ1) is 29.7. The summed E-state index contributed by atoms with van der Waals surface area (Å²) in [5.74, 6) is 0.486. The second-order valence-electron chi connectivity index (χ2n) is 10.5. The molecule has 0 aromatic heterocycles. The molecule has 0 saturated carbocycles. The van der Waals surface area contributed by atoms with Crippen molar-refractivity contribution < 1.29 is 9.59 Å². The third kappa shape index (κ3) is 8.89. The van der Waals surface area contributed by atoms with Crippen molar-refractivity contribution in [3.63, 3.8) is 0 Å². The summed E-state index contributed by atoms with van der Waals surface area (Å²) >= 11 is 12.6. The van der Waals surface area contributed by atoms with Gasteiger partial charge < -0.3 is 10.2 Å². The molecule has 202 valence electrons. The first-order chi connectivity index (χ1) is 18.1. The summed E-state index contributed by atoms with van der Waals surface area (Å²) in [4.78, 5) is 29.0. The van der Waals surface area contributed by atoms with Gasteiger partial charge in [0.25, 0.3) is 0 Å². The molecule has 6 heteroatoms. The SMILES string of the molecule is CC(C)CNC(=O)[C@H](Cc1ccccc1)N(Cc1ccc(Cl)cc1Cl)C(=O)CCc1ccc(C(C)C)cc1. The van der Waals surface area contributed by atoms with Crippen LogP contribution in [0.2, 0.25) is 10.0 Å². The van der Waals surface area contributed by atoms with E-state index in [-0.39, 0.29) is 24.8 Å². The molecular formula is C32H38Cl2N2O2. The van der Waals surface area contributed by atoms with E-state index in [0.717, 1.165) is 16.7 Å². The summed E-state index contributed by atoms with van der Waals surface area (Å²) in [6, 6.07) is 22.8. The van der Waals surface area contributed by atoms with Gasteiger partial charge in [-0.05, 0) is 52.6 Å². The molecule has 3 aromatic rings. The van der Waals surface area contributed by atoms with Crippen molar-refractivity contribution in [1.82, 2.24) is 10.2 Å². The number of hydrogen-bond acceptors (Lipinski definition) is 2. The molecule has 38 heavy (non-hydrogen) atoms. The zero-order valence-electron chi connectivity index (χ0n) is 22.7. The summed E-state index contributed by atoms with van der Waals surface area (Å²) in [7, 11) is 0. The summed E-state index contributed by atoms with van der Waals surface area (Å²) in [6.07, 6.45) is 1.29. The predicted octanol–water partition coefficient (Wildman–Crippen LogP) is 7.46. The van der Waals surface area contributed by atoms with Crippen LogP contribution < -0.4 is 5.32 Å². The van der Waals surface area contributed by atoms with E-state index in [1.807, 2.05) is 50.2 Å². The maximum Gasteiger partial charge on any atom is 0.243 e. The average Bonchev–Trinajstić information content (AvgIpc) is 2.89. The van der Waals surface area contributed by atoms with Gasteiger partial charge in [0, 0.05) is 36.0 Å². The van der Waals surface area contributed by atoms with E-state index in [0.29, 0.717) is 41.3 Å². The van der Waals surface area contributed by atoms with E-state index in [1.165, 1.54) is 5.56 Å². The van der Waals surface area contributed by atoms with Crippen molar-refractivity contribution in [3.8, 4) is 0 Å². The molecule has 0 heterocycles. The zero-order valence-corrected chi connectivity index (χ0v) is 24.2. The summed E-state index contributed by atoms with van der Waals surface area (Å²) < 4.78 is 0. The fourth-order valence-corrected chi connectivity index (χ4v) is 4.74. The lowest BCUT2D eigenvalue weighted by Crippen LogP contribution is -2.51. The number of aryl methyl sites for hydroxylation is 1. The van der Waals surface area contributed by atoms with Gasteiger partial charge in [0.2, 0.25) is 11.8 Å². The quantitative estimate of drug-likeness (QED) is 0.253. The highest BCUT2D eigenvalue weighted by atomic mass is 35.5. The monoisotopic (exact) mass is 552 g/mol. The predicted molar refractivity (Wildman–Crippen MR) is 158 cm³/mol. The molecule has 0 saturated heterocycles. The summed E-state index contributed by atoms with van der Waals surface area (Å²) in [5, 5.41) is 4.05. The van der Waals surface area contributed by atoms with Gasteiger partial charge in [0.15, 0.2) is 0 Å². The molecule has 3 rings (SSSR count). The van der Waals surface area contributed by atoms with Crippen LogP contribution >= 0.6 is 23.2 Å². The molecule has 2 amide bonds. The minimum absolute atomic E-state index is 0.0930. The Morgan fingerprint density at radius 2 is 1.55 bits per heavy atom. The molecule has 1 atom stereocenters. The minimum atomic E-state index is -0.682. The Balaban J connectivity index is 1.90. The molecule has 0 radical (unpaired) electrons. The standard InChI is InChI=1S/C32H38Cl2N2O2/c1-22(2)20-35-32(38)30(18-25-8-6-5-7-9-25)36(21-27-15-16-28(33)19-29(27)34)31(37)17-12-24-10-13-26(14-11-24)23(3)4/h5-11,13-16,19,22-23,30H,12,17-18,20-21H2,1-4H3,(H,35,38)/t30-/m0/s1. The average molecular weight is 554 g/mol. The number of rotatable bonds is 12. The van der Waals surface area contributed by atoms with Gasteiger partial charge in [0.05, 0.1) is 0 Å². The molecular weight excluding hydrogens is 515 g/mol. The third-order valence-electron chi connectivity index (χ3n) is 6.59. The van der Waals surface area contributed by atoms with Crippen LogP contribution in [0.4, 0.5) is 0 Å². The highest BCUT2D eigenvalue weighted by Crippen LogP contribution is 2.25. The molecule has 0 aliphatic rings. The van der Waals surface area contributed by atoms with Crippen molar-refractivity contribution in [2.45, 2.75) is 65.5 Å². The zero-order chi connectivity index (χ0) is 27.7. The number of hydrogen-bond donors (Lipinski definition) is 1. The summed E-state index contributed by atoms with van der Waals surface area (Å²) in [6.45, 7) is 9.18. The fourth-order valence-electron chi connectivity index (χ4n) is 4.27. The minimum Gasteiger partial charge on any atom is -0.354 e. The smallest absolute Gasteiger partial charge is 0.243 e. The Bertz CT molecular complexity index is 1190. The molecule has 0 aliphatic heterocycles. The number of nitrogens with zero attached hydrogens (tertiary/aromatic N) is 1. The maximum atomic E-state index is 13.8. The molecule has 0 fully saturated rings. The van der Waals surface area contributed by atoms with Gasteiger partial charge in [-0.1, -0.05) is 112 Å². The Labute approximate surface area is 237 Å². The number of carbonyl (C=O) groups excluding carboxylic acids is 2. The topological polar surface area (TPSA) is 49.4 Å². The second kappa shape index (κ2) is 14.4. The summed E-state index contributed by atoms with van der Waals surface area (Å²) in [5.41, 5.74) is 4.10. The lowest BCUT2D eigenvalue weighted by atomic mass is 9.99. The maximum absolute atomic E-state index is 13.8. The number of halogens is 2. The molecule has 0 unspecified atom stereocenters. The van der Waals surface area contributed by atoms with Gasteiger partial charge in [-0.2, -0.15) is 0 Å². The molecule has 4 nitrogen and oxygen atoms in total. The van der Waals surface area contributed by atoms with Gasteiger partial charge >= 0.3 is 0 Å². The van der Waals surface area contributed by atoms with Crippen LogP contribution in [0.5, 0.6) is 0 Å². The van der Waals surface area contributed by atoms with E-state index in [1.54, 1.807) is 17.0 Å². The van der Waals surface area contributed by atoms with E-state index in [4.69, 9.17) is 23.2 Å². The van der Waals surface area contributed by atoms with Gasteiger partial charge in [-0.15, -0.1) is 0 Å². The third-order valence-corrected chi connectivity index (χ3v) is 7.17. The molecule has 0 aliphatic carbocycles. The van der Waals surface area contributed by atoms with Gasteiger partial charge in [-0.25, -0.2) is 0 Å². The number of amides is 2.